The van der Waals surface area contributed by atoms with E-state index >= 15 is 0 Å². The van der Waals surface area contributed by atoms with Gasteiger partial charge in [-0.1, -0.05) is 34.1 Å². The van der Waals surface area contributed by atoms with Crippen LogP contribution in [0.2, 0.25) is 0 Å². The molecule has 0 amide bonds. The second-order valence-electron chi connectivity index (χ2n) is 10.6. The van der Waals surface area contributed by atoms with Crippen molar-refractivity contribution in [2.75, 3.05) is 0 Å². The van der Waals surface area contributed by atoms with Crippen molar-refractivity contribution in [1.29, 1.82) is 0 Å². The summed E-state index contributed by atoms with van der Waals surface area (Å²) in [6, 6.07) is 0. The molecule has 6 atom stereocenters. The Hall–Kier alpha value is -0.330. The first-order valence-electron chi connectivity index (χ1n) is 9.25. The van der Waals surface area contributed by atoms with Crippen molar-refractivity contribution in [3.8, 4) is 0 Å². The molecular weight excluding hydrogens is 256 g/mol. The zero-order chi connectivity index (χ0) is 14.9. The Morgan fingerprint density at radius 1 is 1.00 bits per heavy atom. The monoisotopic (exact) mass is 286 g/mol. The highest BCUT2D eigenvalue weighted by Crippen LogP contribution is 2.95. The van der Waals surface area contributed by atoms with Gasteiger partial charge in [0.05, 0.1) is 0 Å². The molecule has 0 N–H and O–H groups in total. The van der Waals surface area contributed by atoms with Gasteiger partial charge < -0.3 is 0 Å². The van der Waals surface area contributed by atoms with Gasteiger partial charge in [0, 0.05) is 11.8 Å². The molecule has 0 aromatic heterocycles. The van der Waals surface area contributed by atoms with Crippen LogP contribution in [-0.2, 0) is 4.79 Å². The number of fused-ring (bicyclic) bond motifs is 2. The molecule has 0 aromatic rings. The molecule has 6 rings (SSSR count). The lowest BCUT2D eigenvalue weighted by atomic mass is 9.43. The van der Waals surface area contributed by atoms with E-state index in [9.17, 15) is 4.79 Å². The smallest absolute Gasteiger partial charge is 0.139 e. The van der Waals surface area contributed by atoms with Crippen LogP contribution in [0.15, 0.2) is 0 Å². The van der Waals surface area contributed by atoms with Crippen molar-refractivity contribution in [1.82, 2.24) is 0 Å². The van der Waals surface area contributed by atoms with Crippen LogP contribution in [0.25, 0.3) is 0 Å². The number of carbonyl (C=O) groups excluding carboxylic acids is 1. The van der Waals surface area contributed by atoms with Crippen LogP contribution in [0.1, 0.15) is 79.1 Å². The third-order valence-corrected chi connectivity index (χ3v) is 9.67. The number of carbonyl (C=O) groups is 1. The molecule has 116 valence electrons. The Morgan fingerprint density at radius 3 is 2.52 bits per heavy atom. The molecular formula is C20H30O. The second kappa shape index (κ2) is 3.15. The summed E-state index contributed by atoms with van der Waals surface area (Å²) in [5.74, 6) is 2.41. The minimum absolute atomic E-state index is 0.0545. The van der Waals surface area contributed by atoms with Crippen LogP contribution in [0, 0.1) is 38.9 Å². The molecule has 0 heterocycles. The van der Waals surface area contributed by atoms with E-state index in [1.54, 1.807) is 0 Å². The quantitative estimate of drug-likeness (QED) is 0.613. The molecule has 0 aromatic carbocycles. The third-order valence-electron chi connectivity index (χ3n) is 9.67. The molecule has 6 aliphatic carbocycles. The molecule has 21 heavy (non-hydrogen) atoms. The second-order valence-corrected chi connectivity index (χ2v) is 10.6. The first-order valence-corrected chi connectivity index (χ1v) is 9.25. The molecule has 0 radical (unpaired) electrons. The summed E-state index contributed by atoms with van der Waals surface area (Å²) in [6.07, 6.45) is 10.4. The van der Waals surface area contributed by atoms with E-state index in [-0.39, 0.29) is 5.41 Å². The Kier molecular flexibility index (Phi) is 1.97. The molecule has 1 nitrogen and oxygen atoms in total. The average Bonchev–Trinajstić information content (AvgIpc) is 2.78. The number of ketones is 1. The summed E-state index contributed by atoms with van der Waals surface area (Å²) >= 11 is 0. The van der Waals surface area contributed by atoms with E-state index in [0.717, 1.165) is 18.3 Å². The van der Waals surface area contributed by atoms with Crippen LogP contribution < -0.4 is 0 Å². The van der Waals surface area contributed by atoms with Gasteiger partial charge in [-0.2, -0.15) is 0 Å². The minimum atomic E-state index is 0.0545. The molecule has 6 saturated carbocycles. The Bertz CT molecular complexity index is 562. The summed E-state index contributed by atoms with van der Waals surface area (Å²) in [7, 11) is 0. The Labute approximate surface area is 129 Å². The van der Waals surface area contributed by atoms with Gasteiger partial charge >= 0.3 is 0 Å². The van der Waals surface area contributed by atoms with Gasteiger partial charge in [-0.05, 0) is 72.0 Å². The van der Waals surface area contributed by atoms with Crippen LogP contribution >= 0.6 is 0 Å². The molecule has 0 saturated heterocycles. The maximum absolute atomic E-state index is 12.6. The number of rotatable bonds is 0. The first kappa shape index (κ1) is 13.1. The molecule has 2 spiro atoms. The fourth-order valence-electron chi connectivity index (χ4n) is 8.98. The first-order chi connectivity index (χ1) is 9.72. The van der Waals surface area contributed by atoms with Crippen molar-refractivity contribution < 1.29 is 4.79 Å². The van der Waals surface area contributed by atoms with Gasteiger partial charge in [0.25, 0.3) is 0 Å². The predicted molar refractivity (Wildman–Crippen MR) is 83.8 cm³/mol. The molecule has 0 aliphatic heterocycles. The highest BCUT2D eigenvalue weighted by atomic mass is 16.1. The number of Topliss-reactive ketones (excluding diaryl/α,β-unsaturated/α-hetero) is 1. The summed E-state index contributed by atoms with van der Waals surface area (Å²) in [6.45, 7) is 10.00. The van der Waals surface area contributed by atoms with Gasteiger partial charge in [-0.3, -0.25) is 4.79 Å². The lowest BCUT2D eigenvalue weighted by molar-refractivity contribution is -0.151. The van der Waals surface area contributed by atoms with E-state index in [1.165, 1.54) is 44.9 Å². The molecule has 1 heteroatoms. The van der Waals surface area contributed by atoms with Crippen LogP contribution in [0.3, 0.4) is 0 Å². The van der Waals surface area contributed by atoms with Crippen molar-refractivity contribution >= 4 is 5.78 Å². The van der Waals surface area contributed by atoms with Gasteiger partial charge in [0.2, 0.25) is 0 Å². The molecule has 6 fully saturated rings. The maximum atomic E-state index is 12.6. The lowest BCUT2D eigenvalue weighted by Crippen LogP contribution is -2.55. The third kappa shape index (κ3) is 1.07. The summed E-state index contributed by atoms with van der Waals surface area (Å²) in [4.78, 5) is 12.6. The molecule has 6 aliphatic rings. The van der Waals surface area contributed by atoms with E-state index in [0.29, 0.717) is 27.4 Å². The van der Waals surface area contributed by atoms with Crippen molar-refractivity contribution in [2.45, 2.75) is 79.1 Å². The lowest BCUT2D eigenvalue weighted by Gasteiger charge is -2.61. The average molecular weight is 286 g/mol. The summed E-state index contributed by atoms with van der Waals surface area (Å²) in [5, 5.41) is 0. The van der Waals surface area contributed by atoms with Crippen LogP contribution in [0.5, 0.6) is 0 Å². The zero-order valence-electron chi connectivity index (χ0n) is 14.2. The highest BCUT2D eigenvalue weighted by Gasteiger charge is 2.90. The number of hydrogen-bond acceptors (Lipinski definition) is 1. The fraction of sp³-hybridized carbons (Fsp3) is 0.950. The van der Waals surface area contributed by atoms with Crippen molar-refractivity contribution in [3.05, 3.63) is 0 Å². The van der Waals surface area contributed by atoms with Crippen molar-refractivity contribution in [2.24, 2.45) is 38.9 Å². The normalized spacial score (nSPS) is 63.0. The van der Waals surface area contributed by atoms with E-state index < -0.39 is 0 Å². The Balaban J connectivity index is 1.66. The predicted octanol–water partition coefficient (Wildman–Crippen LogP) is 4.99. The van der Waals surface area contributed by atoms with Crippen molar-refractivity contribution in [3.63, 3.8) is 0 Å². The topological polar surface area (TPSA) is 17.1 Å². The largest absolute Gasteiger partial charge is 0.299 e. The standard InChI is InChI=1S/C20H30O/c1-16(2)7-5-8-18(4)13(16)6-9-19-11-15(21)17(3)10-14(19)20(18,19)12-17/h13-14H,5-12H2,1-4H3/t13-,14?,17+,18-,19+,20-/m0/s1. The van der Waals surface area contributed by atoms with E-state index in [2.05, 4.69) is 27.7 Å². The van der Waals surface area contributed by atoms with Gasteiger partial charge in [0.15, 0.2) is 0 Å². The summed E-state index contributed by atoms with van der Waals surface area (Å²) in [5.41, 5.74) is 2.11. The van der Waals surface area contributed by atoms with Gasteiger partial charge in [-0.15, -0.1) is 0 Å². The number of hydrogen-bond donors (Lipinski definition) is 0. The van der Waals surface area contributed by atoms with Gasteiger partial charge in [0.1, 0.15) is 5.78 Å². The fourth-order valence-corrected chi connectivity index (χ4v) is 8.98. The Morgan fingerprint density at radius 2 is 1.76 bits per heavy atom. The summed E-state index contributed by atoms with van der Waals surface area (Å²) < 4.78 is 0. The maximum Gasteiger partial charge on any atom is 0.139 e. The zero-order valence-corrected chi connectivity index (χ0v) is 14.2. The van der Waals surface area contributed by atoms with Crippen LogP contribution in [-0.4, -0.2) is 5.78 Å². The van der Waals surface area contributed by atoms with Gasteiger partial charge in [-0.25, -0.2) is 0 Å². The minimum Gasteiger partial charge on any atom is -0.299 e. The van der Waals surface area contributed by atoms with Crippen LogP contribution in [0.4, 0.5) is 0 Å². The highest BCUT2D eigenvalue weighted by molar-refractivity contribution is 5.89. The SMILES string of the molecule is CC1(C)CCC[C@@]2(C)[C@H]1CC[C@@]13CC(=O)[C@]4(C)CC1[C@]32C4. The molecule has 4 bridgehead atoms. The van der Waals surface area contributed by atoms with E-state index in [4.69, 9.17) is 0 Å². The van der Waals surface area contributed by atoms with E-state index in [1.807, 2.05) is 0 Å². The molecule has 1 unspecified atom stereocenters.